The van der Waals surface area contributed by atoms with Crippen LogP contribution in [0.3, 0.4) is 0 Å². The predicted octanol–water partition coefficient (Wildman–Crippen LogP) is 5.28. The fourth-order valence-corrected chi connectivity index (χ4v) is 4.07. The highest BCUT2D eigenvalue weighted by Gasteiger charge is 2.50. The molecule has 0 saturated carbocycles. The standard InChI is InChI=1S/C22H33NO3S/c1-16(15-27-7)13-19-18(14-17-11-9-8-10-12-17)23(22(5,6)25-19)20(24)26-21(2,3)4/h8-12,18-19H,1,13-15H2,2-7H3/t18-,19-/m0/s1. The summed E-state index contributed by atoms with van der Waals surface area (Å²) in [5.74, 6) is 0.894. The van der Waals surface area contributed by atoms with Crippen LogP contribution >= 0.6 is 11.8 Å². The fourth-order valence-electron chi connectivity index (χ4n) is 3.54. The van der Waals surface area contributed by atoms with Crippen molar-refractivity contribution in [2.45, 2.75) is 70.9 Å². The van der Waals surface area contributed by atoms with E-state index < -0.39 is 11.3 Å². The third kappa shape index (κ3) is 6.01. The highest BCUT2D eigenvalue weighted by atomic mass is 32.2. The Kier molecular flexibility index (Phi) is 7.03. The molecule has 0 bridgehead atoms. The molecule has 1 aromatic rings. The van der Waals surface area contributed by atoms with E-state index in [2.05, 4.69) is 25.0 Å². The van der Waals surface area contributed by atoms with Crippen molar-refractivity contribution in [2.24, 2.45) is 0 Å². The number of carbonyl (C=O) groups excluding carboxylic acids is 1. The van der Waals surface area contributed by atoms with E-state index in [9.17, 15) is 4.79 Å². The van der Waals surface area contributed by atoms with Gasteiger partial charge in [0.2, 0.25) is 0 Å². The zero-order valence-electron chi connectivity index (χ0n) is 17.5. The highest BCUT2D eigenvalue weighted by Crippen LogP contribution is 2.37. The van der Waals surface area contributed by atoms with Crippen LogP contribution in [0.2, 0.25) is 0 Å². The lowest BCUT2D eigenvalue weighted by Gasteiger charge is -2.35. The van der Waals surface area contributed by atoms with Gasteiger partial charge in [0.05, 0.1) is 12.1 Å². The Hall–Kier alpha value is -1.46. The molecule has 1 aromatic carbocycles. The molecule has 0 unspecified atom stereocenters. The molecule has 0 aromatic heterocycles. The molecule has 4 nitrogen and oxygen atoms in total. The van der Waals surface area contributed by atoms with E-state index in [1.807, 2.05) is 52.8 Å². The quantitative estimate of drug-likeness (QED) is 0.619. The Morgan fingerprint density at radius 1 is 1.30 bits per heavy atom. The topological polar surface area (TPSA) is 38.8 Å². The van der Waals surface area contributed by atoms with Gasteiger partial charge < -0.3 is 9.47 Å². The molecule has 150 valence electrons. The van der Waals surface area contributed by atoms with Gasteiger partial charge in [-0.25, -0.2) is 4.79 Å². The highest BCUT2D eigenvalue weighted by molar-refractivity contribution is 7.98. The third-order valence-corrected chi connectivity index (χ3v) is 5.19. The number of hydrogen-bond donors (Lipinski definition) is 0. The zero-order valence-corrected chi connectivity index (χ0v) is 18.3. The lowest BCUT2D eigenvalue weighted by atomic mass is 9.96. The number of benzene rings is 1. The van der Waals surface area contributed by atoms with Gasteiger partial charge in [0.1, 0.15) is 11.3 Å². The number of thioether (sulfide) groups is 1. The van der Waals surface area contributed by atoms with E-state index in [1.54, 1.807) is 16.7 Å². The zero-order chi connectivity index (χ0) is 20.2. The molecular formula is C22H33NO3S. The summed E-state index contributed by atoms with van der Waals surface area (Å²) in [5, 5.41) is 0. The van der Waals surface area contributed by atoms with Crippen molar-refractivity contribution in [2.75, 3.05) is 12.0 Å². The van der Waals surface area contributed by atoms with Crippen molar-refractivity contribution >= 4 is 17.9 Å². The number of ether oxygens (including phenoxy) is 2. The van der Waals surface area contributed by atoms with E-state index in [4.69, 9.17) is 9.47 Å². The summed E-state index contributed by atoms with van der Waals surface area (Å²) in [5.41, 5.74) is 1.03. The molecule has 0 N–H and O–H groups in total. The van der Waals surface area contributed by atoms with Crippen molar-refractivity contribution in [3.63, 3.8) is 0 Å². The summed E-state index contributed by atoms with van der Waals surface area (Å²) in [4.78, 5) is 14.8. The van der Waals surface area contributed by atoms with Gasteiger partial charge in [-0.1, -0.05) is 42.5 Å². The first-order valence-corrected chi connectivity index (χ1v) is 10.8. The van der Waals surface area contributed by atoms with Crippen LogP contribution in [0.25, 0.3) is 0 Å². The predicted molar refractivity (Wildman–Crippen MR) is 113 cm³/mol. The number of carbonyl (C=O) groups is 1. The van der Waals surface area contributed by atoms with Crippen LogP contribution < -0.4 is 0 Å². The van der Waals surface area contributed by atoms with E-state index in [1.165, 1.54) is 5.56 Å². The van der Waals surface area contributed by atoms with Crippen LogP contribution in [0.4, 0.5) is 4.79 Å². The monoisotopic (exact) mass is 391 g/mol. The molecule has 0 radical (unpaired) electrons. The van der Waals surface area contributed by atoms with Crippen LogP contribution in [0.1, 0.15) is 46.6 Å². The minimum Gasteiger partial charge on any atom is -0.444 e. The average molecular weight is 392 g/mol. The summed E-state index contributed by atoms with van der Waals surface area (Å²) in [6.07, 6.45) is 3.10. The third-order valence-electron chi connectivity index (χ3n) is 4.50. The molecule has 1 amide bonds. The molecule has 1 heterocycles. The molecule has 0 aliphatic carbocycles. The van der Waals surface area contributed by atoms with Crippen molar-refractivity contribution in [1.29, 1.82) is 0 Å². The van der Waals surface area contributed by atoms with E-state index in [0.717, 1.165) is 24.2 Å². The number of nitrogens with zero attached hydrogens (tertiary/aromatic N) is 1. The first-order valence-electron chi connectivity index (χ1n) is 9.43. The van der Waals surface area contributed by atoms with Crippen molar-refractivity contribution in [3.05, 3.63) is 48.0 Å². The first kappa shape index (κ1) is 21.8. The molecule has 1 saturated heterocycles. The Balaban J connectivity index is 2.31. The summed E-state index contributed by atoms with van der Waals surface area (Å²) in [6, 6.07) is 10.1. The van der Waals surface area contributed by atoms with Crippen LogP contribution in [-0.2, 0) is 15.9 Å². The normalized spacial score (nSPS) is 21.9. The van der Waals surface area contributed by atoms with E-state index >= 15 is 0 Å². The first-order chi connectivity index (χ1) is 12.5. The van der Waals surface area contributed by atoms with Crippen LogP contribution in [0.5, 0.6) is 0 Å². The molecule has 1 fully saturated rings. The van der Waals surface area contributed by atoms with Crippen molar-refractivity contribution in [3.8, 4) is 0 Å². The van der Waals surface area contributed by atoms with Gasteiger partial charge in [-0.15, -0.1) is 0 Å². The summed E-state index contributed by atoms with van der Waals surface area (Å²) in [7, 11) is 0. The molecular weight excluding hydrogens is 358 g/mol. The van der Waals surface area contributed by atoms with Gasteiger partial charge in [0.15, 0.2) is 0 Å². The average Bonchev–Trinajstić information content (AvgIpc) is 2.76. The molecule has 2 atom stereocenters. The van der Waals surface area contributed by atoms with E-state index in [-0.39, 0.29) is 18.2 Å². The van der Waals surface area contributed by atoms with Crippen molar-refractivity contribution in [1.82, 2.24) is 4.90 Å². The van der Waals surface area contributed by atoms with Gasteiger partial charge in [-0.3, -0.25) is 4.90 Å². The van der Waals surface area contributed by atoms with Crippen LogP contribution in [0, 0.1) is 0 Å². The van der Waals surface area contributed by atoms with Gasteiger partial charge in [0, 0.05) is 5.75 Å². The maximum absolute atomic E-state index is 13.0. The van der Waals surface area contributed by atoms with Gasteiger partial charge in [0.25, 0.3) is 0 Å². The van der Waals surface area contributed by atoms with Crippen molar-refractivity contribution < 1.29 is 14.3 Å². The minimum absolute atomic E-state index is 0.101. The largest absolute Gasteiger partial charge is 0.444 e. The molecule has 27 heavy (non-hydrogen) atoms. The Bertz CT molecular complexity index is 651. The lowest BCUT2D eigenvalue weighted by molar-refractivity contribution is -0.0783. The summed E-state index contributed by atoms with van der Waals surface area (Å²) >= 11 is 1.75. The lowest BCUT2D eigenvalue weighted by Crippen LogP contribution is -2.51. The van der Waals surface area contributed by atoms with Gasteiger partial charge >= 0.3 is 6.09 Å². The minimum atomic E-state index is -0.730. The maximum atomic E-state index is 13.0. The maximum Gasteiger partial charge on any atom is 0.412 e. The SMILES string of the molecule is C=C(CSC)C[C@@H]1OC(C)(C)N(C(=O)OC(C)(C)C)[C@H]1Cc1ccccc1. The fraction of sp³-hybridized carbons (Fsp3) is 0.591. The Morgan fingerprint density at radius 2 is 1.93 bits per heavy atom. The second kappa shape index (κ2) is 8.70. The molecule has 2 rings (SSSR count). The molecule has 1 aliphatic rings. The Morgan fingerprint density at radius 3 is 2.48 bits per heavy atom. The van der Waals surface area contributed by atoms with Gasteiger partial charge in [-0.2, -0.15) is 11.8 Å². The van der Waals surface area contributed by atoms with Crippen LogP contribution in [-0.4, -0.2) is 46.5 Å². The smallest absolute Gasteiger partial charge is 0.412 e. The number of amides is 1. The Labute approximate surface area is 168 Å². The van der Waals surface area contributed by atoms with Gasteiger partial charge in [-0.05, 0) is 59.3 Å². The molecule has 0 spiro atoms. The second-order valence-electron chi connectivity index (χ2n) is 8.60. The molecule has 5 heteroatoms. The van der Waals surface area contributed by atoms with E-state index in [0.29, 0.717) is 0 Å². The summed E-state index contributed by atoms with van der Waals surface area (Å²) < 4.78 is 12.1. The summed E-state index contributed by atoms with van der Waals surface area (Å²) in [6.45, 7) is 13.7. The second-order valence-corrected chi connectivity index (χ2v) is 9.46. The number of hydrogen-bond acceptors (Lipinski definition) is 4. The molecule has 1 aliphatic heterocycles. The van der Waals surface area contributed by atoms with Crippen LogP contribution in [0.15, 0.2) is 42.5 Å². The number of rotatable bonds is 6.